The van der Waals surface area contributed by atoms with Crippen LogP contribution in [0.3, 0.4) is 0 Å². The van der Waals surface area contributed by atoms with Gasteiger partial charge in [-0.15, -0.1) is 0 Å². The number of benzene rings is 1. The van der Waals surface area contributed by atoms with Gasteiger partial charge in [0.2, 0.25) is 0 Å². The highest BCUT2D eigenvalue weighted by Gasteiger charge is 2.00. The molecule has 17 heavy (non-hydrogen) atoms. The number of carbonyl (C=O) groups is 1. The Morgan fingerprint density at radius 3 is 2.53 bits per heavy atom. The molecule has 0 aliphatic rings. The predicted octanol–water partition coefficient (Wildman–Crippen LogP) is 2.86. The minimum absolute atomic E-state index is 0.0244. The topological polar surface area (TPSA) is 35.5 Å². The van der Waals surface area contributed by atoms with Gasteiger partial charge < -0.3 is 9.47 Å². The molecular formula is C14H16O3. The maximum Gasteiger partial charge on any atom is 0.152 e. The first-order chi connectivity index (χ1) is 8.17. The van der Waals surface area contributed by atoms with Crippen LogP contribution in [0.4, 0.5) is 0 Å². The van der Waals surface area contributed by atoms with Crippen molar-refractivity contribution in [2.24, 2.45) is 0 Å². The molecule has 0 fully saturated rings. The molecule has 1 rings (SSSR count). The second kappa shape index (κ2) is 6.53. The molecule has 0 saturated heterocycles. The summed E-state index contributed by atoms with van der Waals surface area (Å²) in [4.78, 5) is 10.7. The van der Waals surface area contributed by atoms with E-state index in [-0.39, 0.29) is 5.78 Å². The molecule has 3 nitrogen and oxygen atoms in total. The normalized spacial score (nSPS) is 11.0. The van der Waals surface area contributed by atoms with Gasteiger partial charge in [-0.25, -0.2) is 0 Å². The Hall–Kier alpha value is -2.03. The summed E-state index contributed by atoms with van der Waals surface area (Å²) in [5.41, 5.74) is 0.932. The van der Waals surface area contributed by atoms with Crippen LogP contribution in [0.25, 0.3) is 6.08 Å². The summed E-state index contributed by atoms with van der Waals surface area (Å²) < 4.78 is 10.3. The molecule has 3 heteroatoms. The third kappa shape index (κ3) is 4.15. The lowest BCUT2D eigenvalue weighted by atomic mass is 10.1. The highest BCUT2D eigenvalue weighted by atomic mass is 16.5. The third-order valence-electron chi connectivity index (χ3n) is 2.16. The molecule has 90 valence electrons. The molecule has 0 bridgehead atoms. The lowest BCUT2D eigenvalue weighted by Gasteiger charge is -2.06. The zero-order chi connectivity index (χ0) is 12.7. The van der Waals surface area contributed by atoms with Gasteiger partial charge in [-0.1, -0.05) is 18.2 Å². The van der Waals surface area contributed by atoms with E-state index in [1.54, 1.807) is 26.4 Å². The van der Waals surface area contributed by atoms with E-state index in [9.17, 15) is 4.79 Å². The molecule has 0 saturated carbocycles. The van der Waals surface area contributed by atoms with Gasteiger partial charge in [0.25, 0.3) is 0 Å². The molecule has 0 unspecified atom stereocenters. The minimum atomic E-state index is 0.0244. The first-order valence-electron chi connectivity index (χ1n) is 5.24. The first-order valence-corrected chi connectivity index (χ1v) is 5.24. The monoisotopic (exact) mass is 232 g/mol. The second-order valence-electron chi connectivity index (χ2n) is 3.44. The molecular weight excluding hydrogens is 216 g/mol. The average molecular weight is 232 g/mol. The average Bonchev–Trinajstić information content (AvgIpc) is 2.34. The van der Waals surface area contributed by atoms with E-state index in [0.717, 1.165) is 17.1 Å². The molecule has 0 heterocycles. The summed E-state index contributed by atoms with van der Waals surface area (Å²) in [6.45, 7) is 1.51. The predicted molar refractivity (Wildman–Crippen MR) is 68.4 cm³/mol. The van der Waals surface area contributed by atoms with Gasteiger partial charge in [-0.2, -0.15) is 0 Å². The summed E-state index contributed by atoms with van der Waals surface area (Å²) in [6.07, 6.45) is 6.88. The number of rotatable bonds is 5. The van der Waals surface area contributed by atoms with Crippen molar-refractivity contribution in [2.45, 2.75) is 6.92 Å². The summed E-state index contributed by atoms with van der Waals surface area (Å²) in [5.74, 6) is 1.51. The third-order valence-corrected chi connectivity index (χ3v) is 2.16. The van der Waals surface area contributed by atoms with E-state index in [4.69, 9.17) is 9.47 Å². The molecule has 1 aromatic rings. The number of methoxy groups -OCH3 is 2. The lowest BCUT2D eigenvalue weighted by Crippen LogP contribution is -1.89. The zero-order valence-electron chi connectivity index (χ0n) is 10.3. The van der Waals surface area contributed by atoms with Crippen LogP contribution in [-0.2, 0) is 4.79 Å². The second-order valence-corrected chi connectivity index (χ2v) is 3.44. The summed E-state index contributed by atoms with van der Waals surface area (Å²) in [7, 11) is 3.22. The van der Waals surface area contributed by atoms with Crippen molar-refractivity contribution in [1.82, 2.24) is 0 Å². The molecule has 0 aliphatic heterocycles. The van der Waals surface area contributed by atoms with Crippen molar-refractivity contribution in [1.29, 1.82) is 0 Å². The fourth-order valence-corrected chi connectivity index (χ4v) is 1.31. The lowest BCUT2D eigenvalue weighted by molar-refractivity contribution is -0.112. The summed E-state index contributed by atoms with van der Waals surface area (Å²) in [5, 5.41) is 0. The van der Waals surface area contributed by atoms with Crippen LogP contribution in [0.2, 0.25) is 0 Å². The maximum absolute atomic E-state index is 10.7. The van der Waals surface area contributed by atoms with Gasteiger partial charge in [0, 0.05) is 11.6 Å². The standard InChI is InChI=1S/C14H16O3/c1-11(15)6-4-5-7-12-8-9-13(16-2)10-14(12)17-3/h4-10H,1-3H3. The Labute approximate surface area is 101 Å². The Morgan fingerprint density at radius 2 is 1.94 bits per heavy atom. The van der Waals surface area contributed by atoms with E-state index >= 15 is 0 Å². The van der Waals surface area contributed by atoms with Crippen molar-refractivity contribution in [3.05, 3.63) is 42.0 Å². The fourth-order valence-electron chi connectivity index (χ4n) is 1.31. The van der Waals surface area contributed by atoms with Crippen molar-refractivity contribution in [3.63, 3.8) is 0 Å². The molecule has 0 N–H and O–H groups in total. The van der Waals surface area contributed by atoms with Crippen molar-refractivity contribution < 1.29 is 14.3 Å². The molecule has 0 radical (unpaired) electrons. The van der Waals surface area contributed by atoms with Crippen LogP contribution in [0.15, 0.2) is 36.4 Å². The smallest absolute Gasteiger partial charge is 0.152 e. The quantitative estimate of drug-likeness (QED) is 0.578. The molecule has 0 atom stereocenters. The number of hydrogen-bond donors (Lipinski definition) is 0. The molecule has 0 spiro atoms. The number of hydrogen-bond acceptors (Lipinski definition) is 3. The zero-order valence-corrected chi connectivity index (χ0v) is 10.3. The van der Waals surface area contributed by atoms with E-state index < -0.39 is 0 Å². The molecule has 0 aliphatic carbocycles. The van der Waals surface area contributed by atoms with Gasteiger partial charge in [-0.3, -0.25) is 4.79 Å². The van der Waals surface area contributed by atoms with Crippen molar-refractivity contribution in [2.75, 3.05) is 14.2 Å². The highest BCUT2D eigenvalue weighted by Crippen LogP contribution is 2.25. The van der Waals surface area contributed by atoms with Gasteiger partial charge in [0.05, 0.1) is 14.2 Å². The molecule has 0 amide bonds. The highest BCUT2D eigenvalue weighted by molar-refractivity contribution is 5.87. The Morgan fingerprint density at radius 1 is 1.18 bits per heavy atom. The van der Waals surface area contributed by atoms with Crippen molar-refractivity contribution >= 4 is 11.9 Å². The number of ketones is 1. The number of carbonyl (C=O) groups excluding carboxylic acids is 1. The van der Waals surface area contributed by atoms with E-state index in [2.05, 4.69) is 0 Å². The van der Waals surface area contributed by atoms with Gasteiger partial charge >= 0.3 is 0 Å². The van der Waals surface area contributed by atoms with Gasteiger partial charge in [-0.05, 0) is 25.1 Å². The van der Waals surface area contributed by atoms with Crippen LogP contribution in [0, 0.1) is 0 Å². The van der Waals surface area contributed by atoms with E-state index in [1.807, 2.05) is 24.3 Å². The summed E-state index contributed by atoms with van der Waals surface area (Å²) >= 11 is 0. The fraction of sp³-hybridized carbons (Fsp3) is 0.214. The van der Waals surface area contributed by atoms with E-state index in [1.165, 1.54) is 13.0 Å². The number of allylic oxidation sites excluding steroid dienone is 3. The largest absolute Gasteiger partial charge is 0.497 e. The van der Waals surface area contributed by atoms with Crippen LogP contribution in [0.5, 0.6) is 11.5 Å². The first kappa shape index (κ1) is 13.0. The van der Waals surface area contributed by atoms with Crippen LogP contribution in [0.1, 0.15) is 12.5 Å². The molecule has 0 aromatic heterocycles. The van der Waals surface area contributed by atoms with Crippen molar-refractivity contribution in [3.8, 4) is 11.5 Å². The minimum Gasteiger partial charge on any atom is -0.497 e. The van der Waals surface area contributed by atoms with Gasteiger partial charge in [0.1, 0.15) is 11.5 Å². The SMILES string of the molecule is COc1ccc(C=CC=CC(C)=O)c(OC)c1. The Kier molecular flexibility index (Phi) is 5.01. The van der Waals surface area contributed by atoms with Gasteiger partial charge in [0.15, 0.2) is 5.78 Å². The van der Waals surface area contributed by atoms with Crippen LogP contribution < -0.4 is 9.47 Å². The Balaban J connectivity index is 2.87. The maximum atomic E-state index is 10.7. The molecule has 1 aromatic carbocycles. The number of ether oxygens (including phenoxy) is 2. The summed E-state index contributed by atoms with van der Waals surface area (Å²) in [6, 6.07) is 5.57. The Bertz CT molecular complexity index is 445. The van der Waals surface area contributed by atoms with E-state index in [0.29, 0.717) is 0 Å². The van der Waals surface area contributed by atoms with Crippen LogP contribution >= 0.6 is 0 Å². The van der Waals surface area contributed by atoms with Crippen LogP contribution in [-0.4, -0.2) is 20.0 Å².